The molecule has 0 aliphatic carbocycles. The number of allylic oxidation sites excluding steroid dienone is 2. The summed E-state index contributed by atoms with van der Waals surface area (Å²) in [5.41, 5.74) is 0.573. The van der Waals surface area contributed by atoms with E-state index in [2.05, 4.69) is 0 Å². The van der Waals surface area contributed by atoms with Gasteiger partial charge in [0.25, 0.3) is 0 Å². The maximum Gasteiger partial charge on any atom is 0.218 e. The van der Waals surface area contributed by atoms with Crippen LogP contribution in [0, 0.1) is 11.2 Å². The highest BCUT2D eigenvalue weighted by Crippen LogP contribution is 2.09. The van der Waals surface area contributed by atoms with Gasteiger partial charge < -0.3 is 4.74 Å². The molecule has 1 rings (SSSR count). The zero-order chi connectivity index (χ0) is 11.3. The second-order valence-corrected chi connectivity index (χ2v) is 3.05. The number of rotatable bonds is 3. The molecule has 1 N–H and O–H groups in total. The summed E-state index contributed by atoms with van der Waals surface area (Å²) in [6, 6.07) is 5.68. The third kappa shape index (κ3) is 3.20. The molecule has 0 saturated heterocycles. The van der Waals surface area contributed by atoms with E-state index in [1.54, 1.807) is 0 Å². The first-order chi connectivity index (χ1) is 7.17. The Hall–Kier alpha value is -1.64. The molecule has 0 atom stereocenters. The van der Waals surface area contributed by atoms with Gasteiger partial charge in [-0.15, -0.1) is 0 Å². The fraction of sp³-hybridized carbons (Fsp3) is 0.250. The van der Waals surface area contributed by atoms with Gasteiger partial charge in [-0.2, -0.15) is 0 Å². The SMILES string of the molecule is C/C=C(\CC)OC(=N)c1ccc(F)cc1. The van der Waals surface area contributed by atoms with E-state index in [-0.39, 0.29) is 11.7 Å². The van der Waals surface area contributed by atoms with Gasteiger partial charge in [0.2, 0.25) is 5.90 Å². The van der Waals surface area contributed by atoms with E-state index in [1.165, 1.54) is 24.3 Å². The van der Waals surface area contributed by atoms with Gasteiger partial charge >= 0.3 is 0 Å². The van der Waals surface area contributed by atoms with Crippen LogP contribution in [0.5, 0.6) is 0 Å². The van der Waals surface area contributed by atoms with Crippen molar-refractivity contribution in [1.29, 1.82) is 5.41 Å². The molecule has 0 heterocycles. The van der Waals surface area contributed by atoms with Crippen molar-refractivity contribution >= 4 is 5.90 Å². The molecule has 3 heteroatoms. The number of nitrogens with one attached hydrogen (secondary N) is 1. The molecule has 0 unspecified atom stereocenters. The van der Waals surface area contributed by atoms with Gasteiger partial charge in [0.05, 0.1) is 0 Å². The number of benzene rings is 1. The minimum atomic E-state index is -0.312. The van der Waals surface area contributed by atoms with Crippen LogP contribution < -0.4 is 0 Å². The molecule has 0 amide bonds. The van der Waals surface area contributed by atoms with E-state index in [0.29, 0.717) is 5.56 Å². The molecule has 1 aromatic rings. The predicted molar refractivity (Wildman–Crippen MR) is 58.4 cm³/mol. The Balaban J connectivity index is 2.73. The van der Waals surface area contributed by atoms with Crippen LogP contribution in [-0.4, -0.2) is 5.90 Å². The second kappa shape index (κ2) is 5.29. The zero-order valence-corrected chi connectivity index (χ0v) is 8.88. The molecule has 0 bridgehead atoms. The fourth-order valence-electron chi connectivity index (χ4n) is 1.13. The van der Waals surface area contributed by atoms with Crippen molar-refractivity contribution in [3.05, 3.63) is 47.5 Å². The van der Waals surface area contributed by atoms with Crippen molar-refractivity contribution in [2.45, 2.75) is 20.3 Å². The largest absolute Gasteiger partial charge is 0.444 e. The molecule has 0 aliphatic heterocycles. The first-order valence-corrected chi connectivity index (χ1v) is 4.85. The van der Waals surface area contributed by atoms with Gasteiger partial charge in [-0.05, 0) is 37.3 Å². The minimum absolute atomic E-state index is 0.0463. The standard InChI is InChI=1S/C12H14FNO/c1-3-11(4-2)15-12(14)9-5-7-10(13)8-6-9/h3,5-8,14H,4H2,1-2H3/b11-3+,14-12?. The summed E-state index contributed by atoms with van der Waals surface area (Å²) in [7, 11) is 0. The number of hydrogen-bond donors (Lipinski definition) is 1. The molecule has 0 saturated carbocycles. The number of halogens is 1. The highest BCUT2D eigenvalue weighted by atomic mass is 19.1. The highest BCUT2D eigenvalue weighted by Gasteiger charge is 2.04. The van der Waals surface area contributed by atoms with Crippen LogP contribution in [0.2, 0.25) is 0 Å². The molecule has 2 nitrogen and oxygen atoms in total. The van der Waals surface area contributed by atoms with Crippen molar-refractivity contribution in [2.75, 3.05) is 0 Å². The topological polar surface area (TPSA) is 33.1 Å². The van der Waals surface area contributed by atoms with E-state index in [0.717, 1.165) is 12.2 Å². The van der Waals surface area contributed by atoms with Gasteiger partial charge in [0.15, 0.2) is 0 Å². The Morgan fingerprint density at radius 1 is 1.40 bits per heavy atom. The Bertz CT molecular complexity index is 368. The molecule has 0 fully saturated rings. The summed E-state index contributed by atoms with van der Waals surface area (Å²) in [6.45, 7) is 3.81. The molecule has 0 spiro atoms. The first kappa shape index (κ1) is 11.4. The molecule has 0 aromatic heterocycles. The van der Waals surface area contributed by atoms with Crippen LogP contribution >= 0.6 is 0 Å². The Kier molecular flexibility index (Phi) is 4.03. The van der Waals surface area contributed by atoms with Gasteiger partial charge in [-0.3, -0.25) is 5.41 Å². The maximum absolute atomic E-state index is 12.6. The maximum atomic E-state index is 12.6. The van der Waals surface area contributed by atoms with E-state index < -0.39 is 0 Å². The van der Waals surface area contributed by atoms with E-state index in [1.807, 2.05) is 19.9 Å². The first-order valence-electron chi connectivity index (χ1n) is 4.85. The normalized spacial score (nSPS) is 11.3. The molecule has 1 aromatic carbocycles. The van der Waals surface area contributed by atoms with Gasteiger partial charge in [-0.1, -0.05) is 6.92 Å². The van der Waals surface area contributed by atoms with Crippen LogP contribution in [0.4, 0.5) is 4.39 Å². The quantitative estimate of drug-likeness (QED) is 0.459. The third-order valence-electron chi connectivity index (χ3n) is 2.01. The van der Waals surface area contributed by atoms with Gasteiger partial charge in [0, 0.05) is 12.0 Å². The fourth-order valence-corrected chi connectivity index (χ4v) is 1.13. The van der Waals surface area contributed by atoms with Crippen LogP contribution in [0.1, 0.15) is 25.8 Å². The molecule has 80 valence electrons. The van der Waals surface area contributed by atoms with Crippen molar-refractivity contribution < 1.29 is 9.13 Å². The van der Waals surface area contributed by atoms with Crippen molar-refractivity contribution in [3.63, 3.8) is 0 Å². The van der Waals surface area contributed by atoms with E-state index in [9.17, 15) is 4.39 Å². The van der Waals surface area contributed by atoms with Crippen LogP contribution in [-0.2, 0) is 4.74 Å². The summed E-state index contributed by atoms with van der Waals surface area (Å²) < 4.78 is 17.9. The van der Waals surface area contributed by atoms with Crippen molar-refractivity contribution in [2.24, 2.45) is 0 Å². The predicted octanol–water partition coefficient (Wildman–Crippen LogP) is 3.48. The summed E-state index contributed by atoms with van der Waals surface area (Å²) in [6.07, 6.45) is 2.55. The summed E-state index contributed by atoms with van der Waals surface area (Å²) in [5.74, 6) is 0.475. The molecule has 15 heavy (non-hydrogen) atoms. The lowest BCUT2D eigenvalue weighted by atomic mass is 10.2. The van der Waals surface area contributed by atoms with E-state index in [4.69, 9.17) is 10.1 Å². The van der Waals surface area contributed by atoms with Crippen LogP contribution in [0.15, 0.2) is 36.1 Å². The Morgan fingerprint density at radius 2 is 2.00 bits per heavy atom. The lowest BCUT2D eigenvalue weighted by Crippen LogP contribution is -2.04. The molecule has 0 radical (unpaired) electrons. The molecule has 0 aliphatic rings. The molecular formula is C12H14FNO. The monoisotopic (exact) mass is 207 g/mol. The number of hydrogen-bond acceptors (Lipinski definition) is 2. The van der Waals surface area contributed by atoms with Gasteiger partial charge in [0.1, 0.15) is 11.6 Å². The third-order valence-corrected chi connectivity index (χ3v) is 2.01. The highest BCUT2D eigenvalue weighted by molar-refractivity contribution is 5.92. The Morgan fingerprint density at radius 3 is 2.47 bits per heavy atom. The minimum Gasteiger partial charge on any atom is -0.444 e. The number of ether oxygens (including phenoxy) is 1. The van der Waals surface area contributed by atoms with Crippen molar-refractivity contribution in [1.82, 2.24) is 0 Å². The lowest BCUT2D eigenvalue weighted by molar-refractivity contribution is 0.395. The summed E-state index contributed by atoms with van der Waals surface area (Å²) in [4.78, 5) is 0. The Labute approximate surface area is 88.9 Å². The van der Waals surface area contributed by atoms with Crippen LogP contribution in [0.25, 0.3) is 0 Å². The van der Waals surface area contributed by atoms with Crippen molar-refractivity contribution in [3.8, 4) is 0 Å². The van der Waals surface area contributed by atoms with Crippen LogP contribution in [0.3, 0.4) is 0 Å². The zero-order valence-electron chi connectivity index (χ0n) is 8.88. The second-order valence-electron chi connectivity index (χ2n) is 3.05. The van der Waals surface area contributed by atoms with E-state index >= 15 is 0 Å². The average Bonchev–Trinajstić information content (AvgIpc) is 2.26. The van der Waals surface area contributed by atoms with Gasteiger partial charge in [-0.25, -0.2) is 4.39 Å². The summed E-state index contributed by atoms with van der Waals surface area (Å²) >= 11 is 0. The summed E-state index contributed by atoms with van der Waals surface area (Å²) in [5, 5.41) is 7.65. The average molecular weight is 207 g/mol. The smallest absolute Gasteiger partial charge is 0.218 e. The lowest BCUT2D eigenvalue weighted by Gasteiger charge is -2.08. The molecular weight excluding hydrogens is 193 g/mol.